The van der Waals surface area contributed by atoms with E-state index in [0.29, 0.717) is 28.8 Å². The molecule has 0 radical (unpaired) electrons. The number of Topliss-reactive ketones (excluding diaryl/α,β-unsaturated/α-hetero) is 1. The number of hydrogen-bond acceptors (Lipinski definition) is 6. The van der Waals surface area contributed by atoms with Gasteiger partial charge in [-0.1, -0.05) is 35.6 Å². The largest absolute Gasteiger partial charge is 0.329 e. The maximum absolute atomic E-state index is 14.1. The first-order valence-corrected chi connectivity index (χ1v) is 12.2. The number of carbonyl (C=O) groups excluding carboxylic acids is 1. The number of fused-ring (bicyclic) bond motifs is 1. The summed E-state index contributed by atoms with van der Waals surface area (Å²) in [7, 11) is 0. The number of halogens is 3. The van der Waals surface area contributed by atoms with E-state index in [1.807, 2.05) is 24.3 Å². The molecule has 2 unspecified atom stereocenters. The number of aromatic nitrogens is 1. The number of aliphatic imine (C=N–C) groups is 1. The van der Waals surface area contributed by atoms with Gasteiger partial charge in [-0.2, -0.15) is 0 Å². The molecule has 0 saturated heterocycles. The van der Waals surface area contributed by atoms with Gasteiger partial charge in [0, 0.05) is 23.8 Å². The third kappa shape index (κ3) is 4.26. The standard InChI is InChI=1S/C27H19F3N4OS/c28-17-7-5-14(6-8-17)15-11-21-24(22(35)12-15)25(16-9-18(29)13-19(30)10-16)33-26(31-21)34-27-32-20-3-1-2-4-23(20)36-27/h1-10,13,15,25H,11-12H2,(H2,31,32,33,34). The number of benzene rings is 3. The minimum Gasteiger partial charge on any atom is -0.329 e. The Balaban J connectivity index is 1.39. The molecule has 0 saturated carbocycles. The van der Waals surface area contributed by atoms with Crippen molar-refractivity contribution in [1.29, 1.82) is 0 Å². The molecule has 6 rings (SSSR count). The number of allylic oxidation sites excluding steroid dienone is 1. The lowest BCUT2D eigenvalue weighted by Crippen LogP contribution is -2.39. The SMILES string of the molecule is O=C1CC(c2ccc(F)cc2)CC2=C1C(c1cc(F)cc(F)c1)N=C(Nc1nc3ccccc3s1)N2. The Labute approximate surface area is 208 Å². The van der Waals surface area contributed by atoms with E-state index in [4.69, 9.17) is 0 Å². The molecule has 2 aliphatic rings. The summed E-state index contributed by atoms with van der Waals surface area (Å²) in [5.74, 6) is -1.84. The van der Waals surface area contributed by atoms with E-state index < -0.39 is 17.7 Å². The Morgan fingerprint density at radius 2 is 1.64 bits per heavy atom. The van der Waals surface area contributed by atoms with E-state index in [-0.39, 0.29) is 29.5 Å². The summed E-state index contributed by atoms with van der Waals surface area (Å²) in [6, 6.07) is 16.1. The summed E-state index contributed by atoms with van der Waals surface area (Å²) in [6.07, 6.45) is 0.651. The molecule has 180 valence electrons. The molecule has 0 bridgehead atoms. The number of carbonyl (C=O) groups is 1. The average molecular weight is 505 g/mol. The molecule has 0 spiro atoms. The van der Waals surface area contributed by atoms with Crippen molar-refractivity contribution in [2.75, 3.05) is 5.32 Å². The van der Waals surface area contributed by atoms with Crippen LogP contribution in [-0.4, -0.2) is 16.7 Å². The number of ketones is 1. The summed E-state index contributed by atoms with van der Waals surface area (Å²) < 4.78 is 42.7. The van der Waals surface area contributed by atoms with Gasteiger partial charge in [0.2, 0.25) is 5.96 Å². The van der Waals surface area contributed by atoms with Crippen molar-refractivity contribution in [2.45, 2.75) is 24.8 Å². The average Bonchev–Trinajstić information content (AvgIpc) is 3.25. The highest BCUT2D eigenvalue weighted by atomic mass is 32.1. The third-order valence-corrected chi connectivity index (χ3v) is 7.32. The van der Waals surface area contributed by atoms with E-state index >= 15 is 0 Å². The highest BCUT2D eigenvalue weighted by Gasteiger charge is 2.37. The molecule has 1 aromatic heterocycles. The molecule has 5 nitrogen and oxygen atoms in total. The zero-order chi connectivity index (χ0) is 24.8. The van der Waals surface area contributed by atoms with Gasteiger partial charge in [-0.25, -0.2) is 23.1 Å². The second kappa shape index (κ2) is 8.91. The van der Waals surface area contributed by atoms with Gasteiger partial charge in [-0.3, -0.25) is 4.79 Å². The van der Waals surface area contributed by atoms with Gasteiger partial charge in [0.05, 0.1) is 10.2 Å². The van der Waals surface area contributed by atoms with E-state index in [9.17, 15) is 18.0 Å². The minimum atomic E-state index is -0.884. The quantitative estimate of drug-likeness (QED) is 0.347. The Morgan fingerprint density at radius 1 is 0.889 bits per heavy atom. The Hall–Kier alpha value is -3.98. The second-order valence-corrected chi connectivity index (χ2v) is 9.82. The van der Waals surface area contributed by atoms with E-state index in [0.717, 1.165) is 21.8 Å². The van der Waals surface area contributed by atoms with Crippen molar-refractivity contribution in [3.05, 3.63) is 107 Å². The molecule has 2 heterocycles. The smallest absolute Gasteiger partial charge is 0.202 e. The summed E-state index contributed by atoms with van der Waals surface area (Å²) in [6.45, 7) is 0. The fourth-order valence-electron chi connectivity index (χ4n) is 4.77. The number of para-hydroxylation sites is 1. The van der Waals surface area contributed by atoms with Crippen molar-refractivity contribution in [3.8, 4) is 0 Å². The van der Waals surface area contributed by atoms with Crippen LogP contribution in [0.4, 0.5) is 18.3 Å². The van der Waals surface area contributed by atoms with Crippen LogP contribution in [0.1, 0.15) is 35.9 Å². The molecular formula is C27H19F3N4OS. The normalized spacial score (nSPS) is 19.6. The zero-order valence-electron chi connectivity index (χ0n) is 18.8. The monoisotopic (exact) mass is 504 g/mol. The topological polar surface area (TPSA) is 66.4 Å². The molecule has 3 aromatic carbocycles. The minimum absolute atomic E-state index is 0.170. The van der Waals surface area contributed by atoms with Crippen LogP contribution in [0.2, 0.25) is 0 Å². The van der Waals surface area contributed by atoms with Crippen molar-refractivity contribution in [2.24, 2.45) is 4.99 Å². The number of nitrogens with one attached hydrogen (secondary N) is 2. The number of thiazole rings is 1. The molecular weight excluding hydrogens is 485 g/mol. The second-order valence-electron chi connectivity index (χ2n) is 8.79. The van der Waals surface area contributed by atoms with Gasteiger partial charge in [0.15, 0.2) is 10.9 Å². The van der Waals surface area contributed by atoms with Gasteiger partial charge in [0.25, 0.3) is 0 Å². The number of anilines is 1. The van der Waals surface area contributed by atoms with Crippen LogP contribution in [0, 0.1) is 17.5 Å². The van der Waals surface area contributed by atoms with Crippen LogP contribution in [0.25, 0.3) is 10.2 Å². The van der Waals surface area contributed by atoms with Crippen LogP contribution in [0.3, 0.4) is 0 Å². The van der Waals surface area contributed by atoms with E-state index in [1.165, 1.54) is 35.6 Å². The van der Waals surface area contributed by atoms with Crippen LogP contribution in [0.5, 0.6) is 0 Å². The van der Waals surface area contributed by atoms with Gasteiger partial charge in [-0.15, -0.1) is 0 Å². The predicted octanol–water partition coefficient (Wildman–Crippen LogP) is 6.23. The number of nitrogens with zero attached hydrogens (tertiary/aromatic N) is 2. The van der Waals surface area contributed by atoms with E-state index in [1.54, 1.807) is 12.1 Å². The first kappa shape index (κ1) is 22.5. The molecule has 1 aliphatic carbocycles. The summed E-state index contributed by atoms with van der Waals surface area (Å²) in [5.41, 5.74) is 2.92. The molecule has 1 aliphatic heterocycles. The molecule has 4 aromatic rings. The molecule has 0 amide bonds. The molecule has 2 N–H and O–H groups in total. The van der Waals surface area contributed by atoms with Gasteiger partial charge >= 0.3 is 0 Å². The molecule has 2 atom stereocenters. The van der Waals surface area contributed by atoms with Gasteiger partial charge in [0.1, 0.15) is 23.5 Å². The summed E-state index contributed by atoms with van der Waals surface area (Å²) in [5, 5.41) is 6.99. The van der Waals surface area contributed by atoms with Crippen LogP contribution in [0.15, 0.2) is 83.0 Å². The Kier molecular flexibility index (Phi) is 5.56. The number of rotatable bonds is 3. The molecule has 9 heteroatoms. The maximum Gasteiger partial charge on any atom is 0.202 e. The maximum atomic E-state index is 14.1. The fraction of sp³-hybridized carbons (Fsp3) is 0.148. The summed E-state index contributed by atoms with van der Waals surface area (Å²) >= 11 is 1.44. The fourth-order valence-corrected chi connectivity index (χ4v) is 5.64. The highest BCUT2D eigenvalue weighted by molar-refractivity contribution is 7.22. The highest BCUT2D eigenvalue weighted by Crippen LogP contribution is 2.42. The third-order valence-electron chi connectivity index (χ3n) is 6.37. The number of guanidine groups is 1. The Morgan fingerprint density at radius 3 is 2.39 bits per heavy atom. The number of hydrogen-bond donors (Lipinski definition) is 2. The van der Waals surface area contributed by atoms with Crippen LogP contribution in [-0.2, 0) is 4.79 Å². The molecule has 36 heavy (non-hydrogen) atoms. The van der Waals surface area contributed by atoms with Crippen LogP contribution >= 0.6 is 11.3 Å². The lowest BCUT2D eigenvalue weighted by molar-refractivity contribution is -0.116. The lowest BCUT2D eigenvalue weighted by Gasteiger charge is -2.34. The van der Waals surface area contributed by atoms with Crippen molar-refractivity contribution in [3.63, 3.8) is 0 Å². The van der Waals surface area contributed by atoms with Crippen molar-refractivity contribution >= 4 is 38.4 Å². The Bertz CT molecular complexity index is 1510. The van der Waals surface area contributed by atoms with Crippen LogP contribution < -0.4 is 10.6 Å². The van der Waals surface area contributed by atoms with E-state index in [2.05, 4.69) is 20.6 Å². The van der Waals surface area contributed by atoms with Crippen molar-refractivity contribution in [1.82, 2.24) is 10.3 Å². The lowest BCUT2D eigenvalue weighted by atomic mass is 9.78. The summed E-state index contributed by atoms with van der Waals surface area (Å²) in [4.78, 5) is 22.6. The first-order valence-electron chi connectivity index (χ1n) is 11.4. The predicted molar refractivity (Wildman–Crippen MR) is 133 cm³/mol. The van der Waals surface area contributed by atoms with Crippen molar-refractivity contribution < 1.29 is 18.0 Å². The van der Waals surface area contributed by atoms with Gasteiger partial charge < -0.3 is 10.6 Å². The molecule has 0 fully saturated rings. The van der Waals surface area contributed by atoms with Gasteiger partial charge in [-0.05, 0) is 59.9 Å². The first-order chi connectivity index (χ1) is 17.4. The zero-order valence-corrected chi connectivity index (χ0v) is 19.6.